The average molecular weight is 480 g/mol. The van der Waals surface area contributed by atoms with Crippen LogP contribution in [0.4, 0.5) is 5.69 Å². The van der Waals surface area contributed by atoms with Gasteiger partial charge in [-0.05, 0) is 55.2 Å². The van der Waals surface area contributed by atoms with E-state index in [1.54, 1.807) is 36.4 Å². The molecule has 0 atom stereocenters. The normalized spacial score (nSPS) is 14.6. The largest absolute Gasteiger partial charge is 0.495 e. The Bertz CT molecular complexity index is 1070. The number of ether oxygens (including phenoxy) is 1. The van der Waals surface area contributed by atoms with Crippen LogP contribution in [0.15, 0.2) is 47.4 Å². The molecule has 2 aromatic rings. The fourth-order valence-corrected chi connectivity index (χ4v) is 5.13. The van der Waals surface area contributed by atoms with Crippen LogP contribution in [0, 0.1) is 0 Å². The number of benzene rings is 2. The molecule has 1 heterocycles. The molecule has 1 fully saturated rings. The predicted octanol–water partition coefficient (Wildman–Crippen LogP) is 2.82. The third-order valence-corrected chi connectivity index (χ3v) is 7.34. The van der Waals surface area contributed by atoms with Gasteiger partial charge in [-0.3, -0.25) is 9.59 Å². The molecule has 2 aromatic carbocycles. The predicted molar refractivity (Wildman–Crippen MR) is 122 cm³/mol. The van der Waals surface area contributed by atoms with E-state index in [2.05, 4.69) is 10.6 Å². The fraction of sp³-hybridized carbons (Fsp3) is 0.364. The topological polar surface area (TPSA) is 105 Å². The molecule has 0 unspecified atom stereocenters. The molecule has 1 aliphatic rings. The zero-order valence-electron chi connectivity index (χ0n) is 17.8. The number of hydrogen-bond acceptors (Lipinski definition) is 5. The molecule has 1 saturated heterocycles. The number of sulfonamides is 1. The maximum atomic E-state index is 12.7. The highest BCUT2D eigenvalue weighted by Gasteiger charge is 2.25. The van der Waals surface area contributed by atoms with Crippen LogP contribution in [-0.4, -0.2) is 51.3 Å². The summed E-state index contributed by atoms with van der Waals surface area (Å²) in [6, 6.07) is 11.3. The molecule has 8 nitrogen and oxygen atoms in total. The van der Waals surface area contributed by atoms with Crippen molar-refractivity contribution in [1.29, 1.82) is 0 Å². The van der Waals surface area contributed by atoms with Crippen LogP contribution in [0.5, 0.6) is 5.75 Å². The van der Waals surface area contributed by atoms with Crippen molar-refractivity contribution in [2.75, 3.05) is 32.1 Å². The molecule has 2 amide bonds. The lowest BCUT2D eigenvalue weighted by molar-refractivity contribution is -0.136. The van der Waals surface area contributed by atoms with Crippen molar-refractivity contribution in [2.24, 2.45) is 0 Å². The minimum absolute atomic E-state index is 0.219. The molecule has 32 heavy (non-hydrogen) atoms. The molecule has 0 saturated carbocycles. The summed E-state index contributed by atoms with van der Waals surface area (Å²) in [4.78, 5) is 24.5. The van der Waals surface area contributed by atoms with Crippen molar-refractivity contribution in [1.82, 2.24) is 9.62 Å². The molecular formula is C22H26ClN3O5S. The highest BCUT2D eigenvalue weighted by atomic mass is 35.5. The molecule has 0 radical (unpaired) electrons. The van der Waals surface area contributed by atoms with Crippen molar-refractivity contribution in [3.8, 4) is 5.75 Å². The van der Waals surface area contributed by atoms with E-state index in [4.69, 9.17) is 16.3 Å². The molecule has 0 bridgehead atoms. The van der Waals surface area contributed by atoms with Crippen LogP contribution < -0.4 is 15.4 Å². The zero-order chi connectivity index (χ0) is 23.1. The number of rotatable bonds is 7. The highest BCUT2D eigenvalue weighted by Crippen LogP contribution is 2.27. The van der Waals surface area contributed by atoms with E-state index < -0.39 is 21.8 Å². The first-order valence-corrected chi connectivity index (χ1v) is 12.1. The Hall–Kier alpha value is -2.62. The van der Waals surface area contributed by atoms with Gasteiger partial charge in [-0.25, -0.2) is 8.42 Å². The Kier molecular flexibility index (Phi) is 8.11. The summed E-state index contributed by atoms with van der Waals surface area (Å²) < 4.78 is 32.1. The Morgan fingerprint density at radius 3 is 2.38 bits per heavy atom. The SMILES string of the molecule is COc1ccc(Cl)cc1NC(=O)C(=O)NCCc1ccc(S(=O)(=O)N2CCCCC2)cc1. The zero-order valence-corrected chi connectivity index (χ0v) is 19.3. The molecule has 10 heteroatoms. The lowest BCUT2D eigenvalue weighted by Gasteiger charge is -2.25. The molecule has 3 rings (SSSR count). The number of carbonyl (C=O) groups is 2. The van der Waals surface area contributed by atoms with Gasteiger partial charge in [-0.15, -0.1) is 0 Å². The van der Waals surface area contributed by atoms with Gasteiger partial charge in [0, 0.05) is 24.7 Å². The van der Waals surface area contributed by atoms with Gasteiger partial charge in [0.15, 0.2) is 0 Å². The van der Waals surface area contributed by atoms with Crippen LogP contribution in [0.1, 0.15) is 24.8 Å². The van der Waals surface area contributed by atoms with Gasteiger partial charge in [0.2, 0.25) is 10.0 Å². The first-order valence-electron chi connectivity index (χ1n) is 10.3. The van der Waals surface area contributed by atoms with Gasteiger partial charge >= 0.3 is 11.8 Å². The molecular weight excluding hydrogens is 454 g/mol. The number of amides is 2. The summed E-state index contributed by atoms with van der Waals surface area (Å²) in [5.74, 6) is -1.25. The van der Waals surface area contributed by atoms with Gasteiger partial charge in [0.25, 0.3) is 0 Å². The van der Waals surface area contributed by atoms with Gasteiger partial charge in [0.05, 0.1) is 17.7 Å². The first kappa shape index (κ1) is 24.0. The number of carbonyl (C=O) groups excluding carboxylic acids is 2. The van der Waals surface area contributed by atoms with Crippen LogP contribution in [-0.2, 0) is 26.0 Å². The van der Waals surface area contributed by atoms with Gasteiger partial charge in [0.1, 0.15) is 5.75 Å². The molecule has 0 aliphatic carbocycles. The summed E-state index contributed by atoms with van der Waals surface area (Å²) in [6.07, 6.45) is 3.27. The minimum atomic E-state index is -3.47. The summed E-state index contributed by atoms with van der Waals surface area (Å²) in [6.45, 7) is 1.33. The van der Waals surface area contributed by atoms with Crippen molar-refractivity contribution in [3.63, 3.8) is 0 Å². The number of nitrogens with one attached hydrogen (secondary N) is 2. The molecule has 2 N–H and O–H groups in total. The van der Waals surface area contributed by atoms with Gasteiger partial charge in [-0.2, -0.15) is 4.31 Å². The van der Waals surface area contributed by atoms with E-state index in [1.807, 2.05) is 0 Å². The summed E-state index contributed by atoms with van der Waals surface area (Å²) in [5.41, 5.74) is 1.14. The maximum Gasteiger partial charge on any atom is 0.313 e. The van der Waals surface area contributed by atoms with Crippen molar-refractivity contribution in [2.45, 2.75) is 30.6 Å². The number of hydrogen-bond donors (Lipinski definition) is 2. The molecule has 0 aromatic heterocycles. The van der Waals surface area contributed by atoms with E-state index in [0.717, 1.165) is 24.8 Å². The number of methoxy groups -OCH3 is 1. The van der Waals surface area contributed by atoms with Gasteiger partial charge < -0.3 is 15.4 Å². The van der Waals surface area contributed by atoms with E-state index in [0.29, 0.717) is 36.0 Å². The quantitative estimate of drug-likeness (QED) is 0.594. The Labute approximate surface area is 192 Å². The number of nitrogens with zero attached hydrogens (tertiary/aromatic N) is 1. The number of piperidine rings is 1. The van der Waals surface area contributed by atoms with E-state index in [1.165, 1.54) is 17.5 Å². The fourth-order valence-electron chi connectivity index (χ4n) is 3.44. The number of halogens is 1. The number of anilines is 1. The Morgan fingerprint density at radius 1 is 1.03 bits per heavy atom. The average Bonchev–Trinajstić information content (AvgIpc) is 2.80. The second-order valence-corrected chi connectivity index (χ2v) is 9.79. The van der Waals surface area contributed by atoms with Crippen LogP contribution in [0.3, 0.4) is 0 Å². The minimum Gasteiger partial charge on any atom is -0.495 e. The van der Waals surface area contributed by atoms with Crippen molar-refractivity contribution >= 4 is 39.1 Å². The van der Waals surface area contributed by atoms with Crippen LogP contribution >= 0.6 is 11.6 Å². The summed E-state index contributed by atoms with van der Waals surface area (Å²) in [5, 5.41) is 5.42. The van der Waals surface area contributed by atoms with Crippen LogP contribution in [0.25, 0.3) is 0 Å². The van der Waals surface area contributed by atoms with E-state index in [-0.39, 0.29) is 11.4 Å². The third-order valence-electron chi connectivity index (χ3n) is 5.19. The second kappa shape index (κ2) is 10.8. The monoisotopic (exact) mass is 479 g/mol. The third kappa shape index (κ3) is 5.99. The lowest BCUT2D eigenvalue weighted by atomic mass is 10.1. The van der Waals surface area contributed by atoms with Crippen molar-refractivity contribution < 1.29 is 22.7 Å². The van der Waals surface area contributed by atoms with E-state index >= 15 is 0 Å². The molecule has 1 aliphatic heterocycles. The maximum absolute atomic E-state index is 12.7. The summed E-state index contributed by atoms with van der Waals surface area (Å²) >= 11 is 5.92. The van der Waals surface area contributed by atoms with Gasteiger partial charge in [-0.1, -0.05) is 30.2 Å². The molecule has 0 spiro atoms. The Balaban J connectivity index is 1.51. The van der Waals surface area contributed by atoms with Crippen LogP contribution in [0.2, 0.25) is 5.02 Å². The first-order chi connectivity index (χ1) is 15.3. The second-order valence-electron chi connectivity index (χ2n) is 7.41. The van der Waals surface area contributed by atoms with Crippen molar-refractivity contribution in [3.05, 3.63) is 53.1 Å². The summed E-state index contributed by atoms with van der Waals surface area (Å²) in [7, 11) is -2.03. The Morgan fingerprint density at radius 2 is 1.72 bits per heavy atom. The van der Waals surface area contributed by atoms with E-state index in [9.17, 15) is 18.0 Å². The highest BCUT2D eigenvalue weighted by molar-refractivity contribution is 7.89. The molecule has 172 valence electrons. The smallest absolute Gasteiger partial charge is 0.313 e. The lowest BCUT2D eigenvalue weighted by Crippen LogP contribution is -2.36. The standard InChI is InChI=1S/C22H26ClN3O5S/c1-31-20-10-7-17(23)15-19(20)25-22(28)21(27)24-12-11-16-5-8-18(9-6-16)32(29,30)26-13-3-2-4-14-26/h5-10,15H,2-4,11-14H2,1H3,(H,24,27)(H,25,28).